The molecule has 10 heteroatoms. The topological polar surface area (TPSA) is 119 Å². The highest BCUT2D eigenvalue weighted by Gasteiger charge is 2.44. The lowest BCUT2D eigenvalue weighted by molar-refractivity contribution is -0.385. The third-order valence-electron chi connectivity index (χ3n) is 6.69. The van der Waals surface area contributed by atoms with Crippen molar-refractivity contribution >= 4 is 45.0 Å². The van der Waals surface area contributed by atoms with Crippen LogP contribution in [-0.4, -0.2) is 26.5 Å². The lowest BCUT2D eigenvalue weighted by Gasteiger charge is -2.29. The molecule has 2 aliphatic rings. The highest BCUT2D eigenvalue weighted by Crippen LogP contribution is 2.45. The fraction of sp³-hybridized carbons (Fsp3) is 0.185. The lowest BCUT2D eigenvalue weighted by Crippen LogP contribution is -2.31. The molecule has 0 radical (unpaired) electrons. The summed E-state index contributed by atoms with van der Waals surface area (Å²) in [6.45, 7) is 0. The summed E-state index contributed by atoms with van der Waals surface area (Å²) < 4.78 is 0.852. The van der Waals surface area contributed by atoms with Crippen molar-refractivity contribution in [3.05, 3.63) is 120 Å². The van der Waals surface area contributed by atoms with Crippen LogP contribution in [0.25, 0.3) is 6.08 Å². The van der Waals surface area contributed by atoms with Gasteiger partial charge in [0.1, 0.15) is 0 Å². The molecule has 186 valence electrons. The number of benzene rings is 3. The Kier molecular flexibility index (Phi) is 6.66. The van der Waals surface area contributed by atoms with Gasteiger partial charge in [0.2, 0.25) is 0 Å². The van der Waals surface area contributed by atoms with Crippen LogP contribution in [0.1, 0.15) is 46.8 Å². The number of allylic oxidation sites excluding steroid dienone is 1. The zero-order valence-electron chi connectivity index (χ0n) is 19.5. The van der Waals surface area contributed by atoms with Crippen LogP contribution in [0, 0.1) is 26.1 Å². The van der Waals surface area contributed by atoms with Gasteiger partial charge in [0.25, 0.3) is 17.3 Å². The van der Waals surface area contributed by atoms with E-state index in [4.69, 9.17) is 5.10 Å². The second-order valence-corrected chi connectivity index (χ2v) is 9.87. The standard InChI is InChI=1S/C27H21BrN4O5/c28-21-10-6-19(7-11-21)27(33)30-26(18-8-14-23(15-9-18)32(36)37)24-3-1-2-20(25(24)29-30)16-17-4-12-22(13-5-17)31(34)35/h4-16,24,26H,1-3H2/b20-16+/t24-,26-/m0/s1. The number of amides is 1. The molecule has 1 amide bonds. The smallest absolute Gasteiger partial charge is 0.267 e. The van der Waals surface area contributed by atoms with Gasteiger partial charge in [-0.25, -0.2) is 5.01 Å². The van der Waals surface area contributed by atoms with Crippen molar-refractivity contribution in [3.63, 3.8) is 0 Å². The molecule has 0 aromatic heterocycles. The Balaban J connectivity index is 1.55. The third kappa shape index (κ3) is 4.92. The average molecular weight is 561 g/mol. The van der Waals surface area contributed by atoms with E-state index in [1.165, 1.54) is 29.3 Å². The minimum absolute atomic E-state index is 0.0175. The normalized spacial score (nSPS) is 19.9. The molecule has 37 heavy (non-hydrogen) atoms. The predicted molar refractivity (Wildman–Crippen MR) is 142 cm³/mol. The van der Waals surface area contributed by atoms with Crippen LogP contribution in [0.15, 0.2) is 87.9 Å². The number of carbonyl (C=O) groups excluding carboxylic acids is 1. The molecule has 1 aliphatic carbocycles. The summed E-state index contributed by atoms with van der Waals surface area (Å²) in [6.07, 6.45) is 4.42. The lowest BCUT2D eigenvalue weighted by atomic mass is 9.77. The molecule has 9 nitrogen and oxygen atoms in total. The van der Waals surface area contributed by atoms with Gasteiger partial charge >= 0.3 is 0 Å². The van der Waals surface area contributed by atoms with Gasteiger partial charge in [0, 0.05) is 40.2 Å². The van der Waals surface area contributed by atoms with Crippen molar-refractivity contribution in [3.8, 4) is 0 Å². The van der Waals surface area contributed by atoms with Crippen molar-refractivity contribution in [1.82, 2.24) is 5.01 Å². The number of rotatable bonds is 5. The average Bonchev–Trinajstić information content (AvgIpc) is 3.30. The molecule has 3 aromatic carbocycles. The molecule has 0 bridgehead atoms. The van der Waals surface area contributed by atoms with Gasteiger partial charge in [-0.2, -0.15) is 5.10 Å². The molecule has 3 aromatic rings. The van der Waals surface area contributed by atoms with E-state index in [1.54, 1.807) is 48.5 Å². The van der Waals surface area contributed by atoms with Crippen molar-refractivity contribution in [2.24, 2.45) is 11.0 Å². The zero-order chi connectivity index (χ0) is 26.1. The number of nitro groups is 2. The minimum atomic E-state index is -0.448. The van der Waals surface area contributed by atoms with Crippen molar-refractivity contribution in [2.45, 2.75) is 25.3 Å². The third-order valence-corrected chi connectivity index (χ3v) is 7.22. The minimum Gasteiger partial charge on any atom is -0.267 e. The Labute approximate surface area is 220 Å². The van der Waals surface area contributed by atoms with Gasteiger partial charge in [-0.15, -0.1) is 0 Å². The number of non-ortho nitro benzene ring substituents is 2. The van der Waals surface area contributed by atoms with Gasteiger partial charge < -0.3 is 0 Å². The van der Waals surface area contributed by atoms with E-state index in [2.05, 4.69) is 15.9 Å². The number of nitrogens with zero attached hydrogens (tertiary/aromatic N) is 4. The molecule has 2 atom stereocenters. The number of hydrazone groups is 1. The van der Waals surface area contributed by atoms with E-state index < -0.39 is 15.9 Å². The Morgan fingerprint density at radius 1 is 0.919 bits per heavy atom. The second-order valence-electron chi connectivity index (χ2n) is 8.95. The van der Waals surface area contributed by atoms with Gasteiger partial charge in [-0.3, -0.25) is 25.0 Å². The van der Waals surface area contributed by atoms with Crippen LogP contribution >= 0.6 is 15.9 Å². The number of hydrogen-bond acceptors (Lipinski definition) is 6. The van der Waals surface area contributed by atoms with E-state index >= 15 is 0 Å². The maximum absolute atomic E-state index is 13.6. The van der Waals surface area contributed by atoms with Crippen molar-refractivity contribution < 1.29 is 14.6 Å². The van der Waals surface area contributed by atoms with Gasteiger partial charge in [0.15, 0.2) is 0 Å². The Hall–Kier alpha value is -4.18. The molecule has 1 saturated carbocycles. The van der Waals surface area contributed by atoms with E-state index in [0.29, 0.717) is 5.56 Å². The highest BCUT2D eigenvalue weighted by atomic mass is 79.9. The molecule has 1 aliphatic heterocycles. The Morgan fingerprint density at radius 3 is 2.11 bits per heavy atom. The fourth-order valence-corrected chi connectivity index (χ4v) is 5.18. The molecular formula is C27H21BrN4O5. The summed E-state index contributed by atoms with van der Waals surface area (Å²) in [5, 5.41) is 28.5. The van der Waals surface area contributed by atoms with E-state index in [9.17, 15) is 25.0 Å². The molecule has 0 unspecified atom stereocenters. The number of halogens is 1. The van der Waals surface area contributed by atoms with Crippen LogP contribution in [0.5, 0.6) is 0 Å². The number of fused-ring (bicyclic) bond motifs is 1. The van der Waals surface area contributed by atoms with Gasteiger partial charge in [-0.05, 0) is 78.4 Å². The summed E-state index contributed by atoms with van der Waals surface area (Å²) >= 11 is 3.39. The monoisotopic (exact) mass is 560 g/mol. The molecule has 0 N–H and O–H groups in total. The summed E-state index contributed by atoms with van der Waals surface area (Å²) in [5.74, 6) is -0.341. The van der Waals surface area contributed by atoms with E-state index in [-0.39, 0.29) is 23.2 Å². The fourth-order valence-electron chi connectivity index (χ4n) is 4.91. The second kappa shape index (κ2) is 10.1. The van der Waals surface area contributed by atoms with Crippen LogP contribution in [-0.2, 0) is 0 Å². The van der Waals surface area contributed by atoms with Gasteiger partial charge in [-0.1, -0.05) is 28.1 Å². The van der Waals surface area contributed by atoms with Crippen LogP contribution in [0.2, 0.25) is 0 Å². The largest absolute Gasteiger partial charge is 0.274 e. The maximum Gasteiger partial charge on any atom is 0.274 e. The van der Waals surface area contributed by atoms with Gasteiger partial charge in [0.05, 0.1) is 21.6 Å². The quantitative estimate of drug-likeness (QED) is 0.254. The first-order valence-corrected chi connectivity index (χ1v) is 12.5. The summed E-state index contributed by atoms with van der Waals surface area (Å²) in [6, 6.07) is 19.3. The molecule has 1 heterocycles. The molecular weight excluding hydrogens is 540 g/mol. The summed E-state index contributed by atoms with van der Waals surface area (Å²) in [7, 11) is 0. The first kappa shape index (κ1) is 24.5. The molecule has 5 rings (SSSR count). The van der Waals surface area contributed by atoms with Crippen molar-refractivity contribution in [1.29, 1.82) is 0 Å². The molecule has 0 spiro atoms. The maximum atomic E-state index is 13.6. The number of carbonyl (C=O) groups is 1. The highest BCUT2D eigenvalue weighted by molar-refractivity contribution is 9.10. The molecule has 1 fully saturated rings. The first-order chi connectivity index (χ1) is 17.8. The zero-order valence-corrected chi connectivity index (χ0v) is 21.1. The van der Waals surface area contributed by atoms with E-state index in [0.717, 1.165) is 46.1 Å². The van der Waals surface area contributed by atoms with Crippen LogP contribution in [0.4, 0.5) is 11.4 Å². The Bertz CT molecular complexity index is 1430. The van der Waals surface area contributed by atoms with Crippen LogP contribution < -0.4 is 0 Å². The van der Waals surface area contributed by atoms with Crippen LogP contribution in [0.3, 0.4) is 0 Å². The summed E-state index contributed by atoms with van der Waals surface area (Å²) in [4.78, 5) is 35.0. The molecule has 0 saturated heterocycles. The Morgan fingerprint density at radius 2 is 1.51 bits per heavy atom. The predicted octanol–water partition coefficient (Wildman–Crippen LogP) is 6.70. The first-order valence-electron chi connectivity index (χ1n) is 11.7. The number of nitro benzene ring substituents is 2. The van der Waals surface area contributed by atoms with E-state index in [1.807, 2.05) is 6.08 Å². The SMILES string of the molecule is O=C(c1ccc(Br)cc1)N1N=C2/C(=C/c3ccc([N+](=O)[O-])cc3)CCC[C@@H]2[C@@H]1c1ccc([N+](=O)[O-])cc1. The van der Waals surface area contributed by atoms with Crippen molar-refractivity contribution in [2.75, 3.05) is 0 Å². The number of hydrogen-bond donors (Lipinski definition) is 0. The summed E-state index contributed by atoms with van der Waals surface area (Å²) in [5.41, 5.74) is 3.85.